The molecule has 0 aromatic heterocycles. The molecule has 0 atom stereocenters. The molecule has 102 valence electrons. The number of nitrogens with zero attached hydrogens (tertiary/aromatic N) is 1. The highest BCUT2D eigenvalue weighted by atomic mass is 79.9. The van der Waals surface area contributed by atoms with Gasteiger partial charge in [0, 0.05) is 17.1 Å². The van der Waals surface area contributed by atoms with Crippen molar-refractivity contribution in [2.75, 3.05) is 6.54 Å². The van der Waals surface area contributed by atoms with Crippen molar-refractivity contribution in [3.8, 4) is 0 Å². The Balaban J connectivity index is 2.83. The van der Waals surface area contributed by atoms with E-state index in [1.54, 1.807) is 13.8 Å². The fourth-order valence-electron chi connectivity index (χ4n) is 1.52. The van der Waals surface area contributed by atoms with Crippen LogP contribution in [0.3, 0.4) is 0 Å². The van der Waals surface area contributed by atoms with Gasteiger partial charge in [0.2, 0.25) is 0 Å². The summed E-state index contributed by atoms with van der Waals surface area (Å²) in [6.07, 6.45) is -4.24. The fourth-order valence-corrected chi connectivity index (χ4v) is 2.00. The topological polar surface area (TPSA) is 3.24 Å². The van der Waals surface area contributed by atoms with Crippen LogP contribution < -0.4 is 0 Å². The summed E-state index contributed by atoms with van der Waals surface area (Å²) < 4.78 is 50.6. The van der Waals surface area contributed by atoms with Gasteiger partial charge in [-0.15, -0.1) is 0 Å². The molecule has 0 saturated heterocycles. The van der Waals surface area contributed by atoms with Crippen LogP contribution in [-0.4, -0.2) is 23.7 Å². The largest absolute Gasteiger partial charge is 0.401 e. The number of benzene rings is 1. The summed E-state index contributed by atoms with van der Waals surface area (Å²) in [5, 5.41) is 0. The quantitative estimate of drug-likeness (QED) is 0.742. The zero-order valence-electron chi connectivity index (χ0n) is 10.1. The molecule has 0 bridgehead atoms. The van der Waals surface area contributed by atoms with Gasteiger partial charge in [0.25, 0.3) is 0 Å². The molecule has 0 spiro atoms. The number of hydrogen-bond acceptors (Lipinski definition) is 1. The number of rotatable bonds is 4. The van der Waals surface area contributed by atoms with Gasteiger partial charge in [0.1, 0.15) is 5.82 Å². The van der Waals surface area contributed by atoms with Crippen molar-refractivity contribution < 1.29 is 17.6 Å². The molecule has 0 heterocycles. The smallest absolute Gasteiger partial charge is 0.288 e. The number of halogens is 5. The molecule has 0 amide bonds. The van der Waals surface area contributed by atoms with Crippen molar-refractivity contribution in [2.24, 2.45) is 0 Å². The van der Waals surface area contributed by atoms with Crippen LogP contribution in [0.1, 0.15) is 19.4 Å². The SMILES string of the molecule is CC(C)N(Cc1ccc(F)cc1Br)CC(F)(F)F. The van der Waals surface area contributed by atoms with Gasteiger partial charge in [-0.3, -0.25) is 4.90 Å². The summed E-state index contributed by atoms with van der Waals surface area (Å²) in [6.45, 7) is 2.54. The summed E-state index contributed by atoms with van der Waals surface area (Å²) in [5.41, 5.74) is 0.634. The summed E-state index contributed by atoms with van der Waals surface area (Å²) >= 11 is 3.16. The van der Waals surface area contributed by atoms with Crippen molar-refractivity contribution in [1.29, 1.82) is 0 Å². The van der Waals surface area contributed by atoms with Crippen molar-refractivity contribution in [2.45, 2.75) is 32.6 Å². The first-order valence-electron chi connectivity index (χ1n) is 5.44. The third kappa shape index (κ3) is 4.94. The second-order valence-electron chi connectivity index (χ2n) is 4.35. The van der Waals surface area contributed by atoms with Crippen LogP contribution in [0, 0.1) is 5.82 Å². The second-order valence-corrected chi connectivity index (χ2v) is 5.20. The third-order valence-electron chi connectivity index (χ3n) is 2.50. The Morgan fingerprint density at radius 1 is 1.28 bits per heavy atom. The lowest BCUT2D eigenvalue weighted by Gasteiger charge is -2.27. The minimum absolute atomic E-state index is 0.123. The van der Waals surface area contributed by atoms with Crippen LogP contribution in [0.2, 0.25) is 0 Å². The predicted octanol–water partition coefficient (Wildman–Crippen LogP) is 4.36. The molecule has 0 fully saturated rings. The van der Waals surface area contributed by atoms with Gasteiger partial charge in [-0.1, -0.05) is 22.0 Å². The van der Waals surface area contributed by atoms with E-state index in [0.717, 1.165) is 0 Å². The first-order chi connectivity index (χ1) is 8.19. The molecular weight excluding hydrogens is 314 g/mol. The van der Waals surface area contributed by atoms with Crippen LogP contribution in [0.25, 0.3) is 0 Å². The molecule has 6 heteroatoms. The molecule has 0 aliphatic carbocycles. The molecule has 0 saturated carbocycles. The zero-order valence-corrected chi connectivity index (χ0v) is 11.6. The van der Waals surface area contributed by atoms with E-state index in [1.165, 1.54) is 23.1 Å². The zero-order chi connectivity index (χ0) is 13.9. The maximum Gasteiger partial charge on any atom is 0.401 e. The molecule has 1 rings (SSSR count). The Morgan fingerprint density at radius 2 is 1.89 bits per heavy atom. The summed E-state index contributed by atoms with van der Waals surface area (Å²) in [4.78, 5) is 1.29. The summed E-state index contributed by atoms with van der Waals surface area (Å²) in [6, 6.07) is 3.74. The Bertz CT molecular complexity index is 404. The van der Waals surface area contributed by atoms with E-state index >= 15 is 0 Å². The summed E-state index contributed by atoms with van der Waals surface area (Å²) in [7, 11) is 0. The Morgan fingerprint density at radius 3 is 2.33 bits per heavy atom. The lowest BCUT2D eigenvalue weighted by Crippen LogP contribution is -2.38. The Hall–Kier alpha value is -0.620. The van der Waals surface area contributed by atoms with Crippen LogP contribution in [0.15, 0.2) is 22.7 Å². The Labute approximate surface area is 112 Å². The number of alkyl halides is 3. The fraction of sp³-hybridized carbons (Fsp3) is 0.500. The molecule has 1 aromatic carbocycles. The van der Waals surface area contributed by atoms with Crippen LogP contribution in [-0.2, 0) is 6.54 Å². The highest BCUT2D eigenvalue weighted by Gasteiger charge is 2.31. The molecule has 0 aliphatic rings. The first-order valence-corrected chi connectivity index (χ1v) is 6.23. The van der Waals surface area contributed by atoms with Gasteiger partial charge in [0.05, 0.1) is 6.54 Å². The summed E-state index contributed by atoms with van der Waals surface area (Å²) in [5.74, 6) is -0.419. The Kier molecular flexibility index (Phi) is 5.16. The van der Waals surface area contributed by atoms with Crippen LogP contribution >= 0.6 is 15.9 Å². The van der Waals surface area contributed by atoms with Crippen molar-refractivity contribution in [1.82, 2.24) is 4.90 Å². The highest BCUT2D eigenvalue weighted by molar-refractivity contribution is 9.10. The van der Waals surface area contributed by atoms with Gasteiger partial charge in [0.15, 0.2) is 0 Å². The lowest BCUT2D eigenvalue weighted by atomic mass is 10.2. The van der Waals surface area contributed by atoms with Gasteiger partial charge < -0.3 is 0 Å². The molecule has 0 N–H and O–H groups in total. The van der Waals surface area contributed by atoms with E-state index in [0.29, 0.717) is 10.0 Å². The molecule has 0 unspecified atom stereocenters. The average molecular weight is 328 g/mol. The van der Waals surface area contributed by atoms with Gasteiger partial charge in [-0.25, -0.2) is 4.39 Å². The monoisotopic (exact) mass is 327 g/mol. The standard InChI is InChI=1S/C12H14BrF4N/c1-8(2)18(7-12(15,16)17)6-9-3-4-10(14)5-11(9)13/h3-5,8H,6-7H2,1-2H3. The van der Waals surface area contributed by atoms with Crippen molar-refractivity contribution in [3.05, 3.63) is 34.1 Å². The van der Waals surface area contributed by atoms with Gasteiger partial charge in [-0.2, -0.15) is 13.2 Å². The van der Waals surface area contributed by atoms with Gasteiger partial charge in [-0.05, 0) is 31.5 Å². The molecule has 18 heavy (non-hydrogen) atoms. The maximum atomic E-state index is 12.9. The van der Waals surface area contributed by atoms with Gasteiger partial charge >= 0.3 is 6.18 Å². The third-order valence-corrected chi connectivity index (χ3v) is 3.24. The molecular formula is C12H14BrF4N. The normalized spacial score (nSPS) is 12.5. The van der Waals surface area contributed by atoms with Crippen LogP contribution in [0.4, 0.5) is 17.6 Å². The van der Waals surface area contributed by atoms with Crippen molar-refractivity contribution >= 4 is 15.9 Å². The lowest BCUT2D eigenvalue weighted by molar-refractivity contribution is -0.150. The van der Waals surface area contributed by atoms with E-state index < -0.39 is 18.5 Å². The first kappa shape index (κ1) is 15.4. The van der Waals surface area contributed by atoms with E-state index in [-0.39, 0.29) is 12.6 Å². The van der Waals surface area contributed by atoms with E-state index in [2.05, 4.69) is 15.9 Å². The average Bonchev–Trinajstić information content (AvgIpc) is 2.18. The number of hydrogen-bond donors (Lipinski definition) is 0. The van der Waals surface area contributed by atoms with E-state index in [1.807, 2.05) is 0 Å². The minimum atomic E-state index is -4.24. The molecule has 1 nitrogen and oxygen atoms in total. The molecule has 0 radical (unpaired) electrons. The molecule has 0 aliphatic heterocycles. The van der Waals surface area contributed by atoms with Crippen LogP contribution in [0.5, 0.6) is 0 Å². The highest BCUT2D eigenvalue weighted by Crippen LogP contribution is 2.23. The van der Waals surface area contributed by atoms with Crippen molar-refractivity contribution in [3.63, 3.8) is 0 Å². The maximum absolute atomic E-state index is 12.9. The second kappa shape index (κ2) is 6.02. The van der Waals surface area contributed by atoms with E-state index in [9.17, 15) is 17.6 Å². The molecule has 1 aromatic rings. The minimum Gasteiger partial charge on any atom is -0.288 e. The predicted molar refractivity (Wildman–Crippen MR) is 65.7 cm³/mol. The van der Waals surface area contributed by atoms with E-state index in [4.69, 9.17) is 0 Å².